The van der Waals surface area contributed by atoms with Gasteiger partial charge in [-0.05, 0) is 55.3 Å². The average Bonchev–Trinajstić information content (AvgIpc) is 3.37. The van der Waals surface area contributed by atoms with E-state index in [1.807, 2.05) is 24.3 Å². The number of carbonyl (C=O) groups excluding carboxylic acids is 1. The van der Waals surface area contributed by atoms with Crippen LogP contribution < -0.4 is 4.74 Å². The number of rotatable bonds is 4. The van der Waals surface area contributed by atoms with E-state index >= 15 is 0 Å². The van der Waals surface area contributed by atoms with E-state index in [1.54, 1.807) is 18.1 Å². The monoisotopic (exact) mass is 367 g/mol. The number of halogens is 1. The van der Waals surface area contributed by atoms with E-state index in [1.165, 1.54) is 18.2 Å². The highest BCUT2D eigenvalue weighted by Crippen LogP contribution is 2.33. The van der Waals surface area contributed by atoms with Crippen molar-refractivity contribution in [1.82, 2.24) is 15.0 Å². The lowest BCUT2D eigenvalue weighted by atomic mass is 10.1. The van der Waals surface area contributed by atoms with Gasteiger partial charge in [0.25, 0.3) is 5.91 Å². The SMILES string of the molecule is COc1ccc(-c2noc([C@H]3CCCN3C(=O)c3cccc(F)c3)n2)cc1. The number of nitrogens with zero attached hydrogens (tertiary/aromatic N) is 3. The molecule has 1 amide bonds. The van der Waals surface area contributed by atoms with Gasteiger partial charge in [0, 0.05) is 17.7 Å². The highest BCUT2D eigenvalue weighted by molar-refractivity contribution is 5.94. The molecule has 138 valence electrons. The van der Waals surface area contributed by atoms with Crippen LogP contribution in [0, 0.1) is 5.82 Å². The smallest absolute Gasteiger partial charge is 0.254 e. The van der Waals surface area contributed by atoms with Crippen molar-refractivity contribution in [3.63, 3.8) is 0 Å². The number of likely N-dealkylation sites (tertiary alicyclic amines) is 1. The minimum atomic E-state index is -0.434. The van der Waals surface area contributed by atoms with Gasteiger partial charge in [-0.25, -0.2) is 4.39 Å². The summed E-state index contributed by atoms with van der Waals surface area (Å²) in [7, 11) is 1.60. The molecule has 0 radical (unpaired) electrons. The molecule has 1 fully saturated rings. The maximum Gasteiger partial charge on any atom is 0.254 e. The van der Waals surface area contributed by atoms with Gasteiger partial charge < -0.3 is 14.2 Å². The van der Waals surface area contributed by atoms with Gasteiger partial charge in [0.2, 0.25) is 11.7 Å². The van der Waals surface area contributed by atoms with E-state index in [0.29, 0.717) is 23.8 Å². The lowest BCUT2D eigenvalue weighted by Crippen LogP contribution is -2.30. The van der Waals surface area contributed by atoms with Crippen molar-refractivity contribution < 1.29 is 18.4 Å². The third-order valence-corrected chi connectivity index (χ3v) is 4.66. The topological polar surface area (TPSA) is 68.5 Å². The molecule has 0 unspecified atom stereocenters. The number of hydrogen-bond donors (Lipinski definition) is 0. The Morgan fingerprint density at radius 1 is 1.26 bits per heavy atom. The zero-order valence-corrected chi connectivity index (χ0v) is 14.8. The lowest BCUT2D eigenvalue weighted by Gasteiger charge is -2.21. The van der Waals surface area contributed by atoms with Crippen LogP contribution >= 0.6 is 0 Å². The fourth-order valence-corrected chi connectivity index (χ4v) is 3.28. The van der Waals surface area contributed by atoms with Crippen LogP contribution in [0.2, 0.25) is 0 Å². The molecule has 1 aliphatic heterocycles. The van der Waals surface area contributed by atoms with Gasteiger partial charge >= 0.3 is 0 Å². The number of benzene rings is 2. The third-order valence-electron chi connectivity index (χ3n) is 4.66. The number of amides is 1. The van der Waals surface area contributed by atoms with Crippen molar-refractivity contribution >= 4 is 5.91 Å². The largest absolute Gasteiger partial charge is 0.497 e. The summed E-state index contributed by atoms with van der Waals surface area (Å²) in [6.45, 7) is 0.570. The van der Waals surface area contributed by atoms with E-state index < -0.39 is 5.82 Å². The predicted molar refractivity (Wildman–Crippen MR) is 95.7 cm³/mol. The van der Waals surface area contributed by atoms with E-state index in [-0.39, 0.29) is 11.9 Å². The molecule has 1 aromatic heterocycles. The second-order valence-electron chi connectivity index (χ2n) is 6.35. The minimum Gasteiger partial charge on any atom is -0.497 e. The normalized spacial score (nSPS) is 16.5. The summed E-state index contributed by atoms with van der Waals surface area (Å²) in [4.78, 5) is 18.9. The average molecular weight is 367 g/mol. The van der Waals surface area contributed by atoms with Crippen LogP contribution in [-0.4, -0.2) is 34.6 Å². The van der Waals surface area contributed by atoms with Crippen molar-refractivity contribution in [1.29, 1.82) is 0 Å². The van der Waals surface area contributed by atoms with Crippen LogP contribution in [0.4, 0.5) is 4.39 Å². The zero-order chi connectivity index (χ0) is 18.8. The molecular formula is C20H18FN3O3. The van der Waals surface area contributed by atoms with E-state index in [2.05, 4.69) is 10.1 Å². The maximum absolute atomic E-state index is 13.5. The summed E-state index contributed by atoms with van der Waals surface area (Å²) in [6.07, 6.45) is 1.55. The first-order valence-corrected chi connectivity index (χ1v) is 8.70. The molecule has 3 aromatic rings. The number of carbonyl (C=O) groups is 1. The molecule has 0 N–H and O–H groups in total. The molecule has 1 atom stereocenters. The first-order chi connectivity index (χ1) is 13.2. The standard InChI is InChI=1S/C20H18FN3O3/c1-26-16-9-7-13(8-10-16)18-22-19(27-23-18)17-6-3-11-24(17)20(25)14-4-2-5-15(21)12-14/h2,4-5,7-10,12,17H,3,6,11H2,1H3/t17-/m1/s1. The van der Waals surface area contributed by atoms with Gasteiger partial charge in [-0.1, -0.05) is 11.2 Å². The minimum absolute atomic E-state index is 0.235. The van der Waals surface area contributed by atoms with Gasteiger partial charge in [0.05, 0.1) is 7.11 Å². The van der Waals surface area contributed by atoms with Crippen molar-refractivity contribution in [2.75, 3.05) is 13.7 Å². The molecule has 0 spiro atoms. The van der Waals surface area contributed by atoms with Crippen LogP contribution in [0.3, 0.4) is 0 Å². The Bertz CT molecular complexity index is 955. The van der Waals surface area contributed by atoms with Crippen molar-refractivity contribution in [3.05, 3.63) is 65.8 Å². The Morgan fingerprint density at radius 3 is 2.81 bits per heavy atom. The molecule has 6 nitrogen and oxygen atoms in total. The summed E-state index contributed by atoms with van der Waals surface area (Å²) in [5.74, 6) is 0.920. The number of methoxy groups -OCH3 is 1. The van der Waals surface area contributed by atoms with Gasteiger partial charge in [-0.2, -0.15) is 4.98 Å². The third kappa shape index (κ3) is 3.40. The molecule has 1 saturated heterocycles. The number of ether oxygens (including phenoxy) is 1. The highest BCUT2D eigenvalue weighted by atomic mass is 19.1. The summed E-state index contributed by atoms with van der Waals surface area (Å²) in [5, 5.41) is 4.04. The molecule has 1 aliphatic rings. The molecular weight excluding hydrogens is 349 g/mol. The van der Waals surface area contributed by atoms with Gasteiger partial charge in [-0.15, -0.1) is 0 Å². The van der Waals surface area contributed by atoms with Crippen LogP contribution in [0.15, 0.2) is 53.1 Å². The fourth-order valence-electron chi connectivity index (χ4n) is 3.28. The second kappa shape index (κ2) is 7.19. The van der Waals surface area contributed by atoms with Gasteiger partial charge in [0.15, 0.2) is 0 Å². The number of hydrogen-bond acceptors (Lipinski definition) is 5. The zero-order valence-electron chi connectivity index (χ0n) is 14.8. The van der Waals surface area contributed by atoms with Crippen molar-refractivity contribution in [2.24, 2.45) is 0 Å². The summed E-state index contributed by atoms with van der Waals surface area (Å²) in [6, 6.07) is 12.7. The lowest BCUT2D eigenvalue weighted by molar-refractivity contribution is 0.0709. The second-order valence-corrected chi connectivity index (χ2v) is 6.35. The van der Waals surface area contributed by atoms with Crippen LogP contribution in [0.25, 0.3) is 11.4 Å². The molecule has 0 bridgehead atoms. The molecule has 0 aliphatic carbocycles. The van der Waals surface area contributed by atoms with E-state index in [4.69, 9.17) is 9.26 Å². The fraction of sp³-hybridized carbons (Fsp3) is 0.250. The Labute approximate surface area is 155 Å². The molecule has 0 saturated carbocycles. The summed E-state index contributed by atoms with van der Waals surface area (Å²) in [5.41, 5.74) is 1.11. The maximum atomic E-state index is 13.5. The Hall–Kier alpha value is -3.22. The predicted octanol–water partition coefficient (Wildman–Crippen LogP) is 3.86. The van der Waals surface area contributed by atoms with Gasteiger partial charge in [0.1, 0.15) is 17.6 Å². The first-order valence-electron chi connectivity index (χ1n) is 8.70. The van der Waals surface area contributed by atoms with Gasteiger partial charge in [-0.3, -0.25) is 4.79 Å². The molecule has 27 heavy (non-hydrogen) atoms. The molecule has 4 rings (SSSR count). The quantitative estimate of drug-likeness (QED) is 0.700. The molecule has 2 heterocycles. The Balaban J connectivity index is 1.57. The summed E-state index contributed by atoms with van der Waals surface area (Å²) < 4.78 is 24.0. The van der Waals surface area contributed by atoms with E-state index in [0.717, 1.165) is 24.2 Å². The first kappa shape index (κ1) is 17.2. The Kier molecular flexibility index (Phi) is 4.58. The molecule has 7 heteroatoms. The van der Waals surface area contributed by atoms with Crippen molar-refractivity contribution in [2.45, 2.75) is 18.9 Å². The highest BCUT2D eigenvalue weighted by Gasteiger charge is 2.34. The van der Waals surface area contributed by atoms with E-state index in [9.17, 15) is 9.18 Å². The van der Waals surface area contributed by atoms with Crippen LogP contribution in [0.5, 0.6) is 5.75 Å². The Morgan fingerprint density at radius 2 is 2.07 bits per heavy atom. The summed E-state index contributed by atoms with van der Waals surface area (Å²) >= 11 is 0. The molecule has 2 aromatic carbocycles. The van der Waals surface area contributed by atoms with Crippen molar-refractivity contribution in [3.8, 4) is 17.1 Å². The van der Waals surface area contributed by atoms with Crippen LogP contribution in [-0.2, 0) is 0 Å². The van der Waals surface area contributed by atoms with Crippen LogP contribution in [0.1, 0.15) is 35.1 Å². The number of aromatic nitrogens is 2.